The van der Waals surface area contributed by atoms with Crippen LogP contribution in [0.2, 0.25) is 0 Å². The molecule has 11 heteroatoms. The van der Waals surface area contributed by atoms with Gasteiger partial charge in [0, 0.05) is 44.1 Å². The smallest absolute Gasteiger partial charge is 0.284 e. The fraction of sp³-hybridized carbons (Fsp3) is 0.333. The Kier molecular flexibility index (Phi) is 7.15. The first kappa shape index (κ1) is 24.4. The number of carbonyl (C=O) groups excluding carboxylic acids is 3. The summed E-state index contributed by atoms with van der Waals surface area (Å²) in [5.41, 5.74) is 3.56. The van der Waals surface area contributed by atoms with Crippen molar-refractivity contribution in [3.8, 4) is 0 Å². The Morgan fingerprint density at radius 2 is 1.77 bits per heavy atom. The van der Waals surface area contributed by atoms with Crippen molar-refractivity contribution in [2.45, 2.75) is 43.4 Å². The molecule has 0 aliphatic carbocycles. The summed E-state index contributed by atoms with van der Waals surface area (Å²) in [6.07, 6.45) is 3.81. The molecule has 10 nitrogen and oxygen atoms in total. The Labute approximate surface area is 204 Å². The molecule has 4 rings (SSSR count). The molecule has 184 valence electrons. The minimum absolute atomic E-state index is 0.00449. The summed E-state index contributed by atoms with van der Waals surface area (Å²) in [7, 11) is -2.09. The maximum absolute atomic E-state index is 12.9. The van der Waals surface area contributed by atoms with Crippen molar-refractivity contribution in [3.05, 3.63) is 54.1 Å². The van der Waals surface area contributed by atoms with Crippen molar-refractivity contribution >= 4 is 45.0 Å². The van der Waals surface area contributed by atoms with Gasteiger partial charge in [-0.3, -0.25) is 19.8 Å². The monoisotopic (exact) mass is 497 g/mol. The number of sulfonamides is 1. The molecule has 2 heterocycles. The Morgan fingerprint density at radius 3 is 2.54 bits per heavy atom. The molecule has 2 aliphatic heterocycles. The summed E-state index contributed by atoms with van der Waals surface area (Å²) in [6.45, 7) is 0.765. The molecule has 2 fully saturated rings. The molecule has 0 spiro atoms. The van der Waals surface area contributed by atoms with E-state index in [1.807, 2.05) is 11.9 Å². The molecule has 0 aromatic heterocycles. The summed E-state index contributed by atoms with van der Waals surface area (Å²) in [5, 5.41) is 3.86. The van der Waals surface area contributed by atoms with Crippen molar-refractivity contribution in [2.24, 2.45) is 4.40 Å². The Hall–Kier alpha value is -3.73. The highest BCUT2D eigenvalue weighted by Gasteiger charge is 2.24. The standard InChI is InChI=1S/C24H27N5O5S/c1-28-15-4-2-3-8-21(28)27-35(33,34)20-7-5-6-18(16-20)25-24(32)17-9-11-19(12-10-17)29-23(31)14-13-22(30)26-29/h5-7,9-12,16H,2-4,8,13-15H2,1H3,(H,25,32)(H,26,30)/b27-21+. The number of likely N-dealkylation sites (tertiary alicyclic amines) is 1. The quantitative estimate of drug-likeness (QED) is 0.654. The van der Waals surface area contributed by atoms with Gasteiger partial charge >= 0.3 is 0 Å². The Balaban J connectivity index is 1.48. The number of anilines is 2. The largest absolute Gasteiger partial charge is 0.362 e. The van der Waals surface area contributed by atoms with E-state index in [2.05, 4.69) is 15.1 Å². The van der Waals surface area contributed by atoms with Crippen molar-refractivity contribution < 1.29 is 22.8 Å². The van der Waals surface area contributed by atoms with Crippen LogP contribution in [0.1, 0.15) is 48.9 Å². The third kappa shape index (κ3) is 5.86. The van der Waals surface area contributed by atoms with Crippen LogP contribution in [0.15, 0.2) is 57.8 Å². The summed E-state index contributed by atoms with van der Waals surface area (Å²) >= 11 is 0. The fourth-order valence-electron chi connectivity index (χ4n) is 3.92. The summed E-state index contributed by atoms with van der Waals surface area (Å²) in [6, 6.07) is 12.1. The topological polar surface area (TPSA) is 128 Å². The molecule has 2 N–H and O–H groups in total. The van der Waals surface area contributed by atoms with Gasteiger partial charge in [0.05, 0.1) is 10.6 Å². The first-order valence-corrected chi connectivity index (χ1v) is 12.9. The average Bonchev–Trinajstić information content (AvgIpc) is 3.04. The molecule has 2 aromatic rings. The normalized spacial score (nSPS) is 18.3. The Bertz CT molecular complexity index is 1270. The van der Waals surface area contributed by atoms with Crippen LogP contribution >= 0.6 is 0 Å². The zero-order valence-electron chi connectivity index (χ0n) is 19.4. The highest BCUT2D eigenvalue weighted by atomic mass is 32.2. The fourth-order valence-corrected chi connectivity index (χ4v) is 5.06. The van der Waals surface area contributed by atoms with Gasteiger partial charge in [0.1, 0.15) is 5.84 Å². The number of nitrogens with one attached hydrogen (secondary N) is 2. The third-order valence-corrected chi connectivity index (χ3v) is 7.19. The van der Waals surface area contributed by atoms with Gasteiger partial charge in [-0.25, -0.2) is 5.01 Å². The number of hydrazine groups is 1. The predicted octanol–water partition coefficient (Wildman–Crippen LogP) is 2.69. The summed E-state index contributed by atoms with van der Waals surface area (Å²) in [5.74, 6) is -0.397. The van der Waals surface area contributed by atoms with Gasteiger partial charge in [-0.15, -0.1) is 4.40 Å². The minimum atomic E-state index is -3.94. The number of carbonyl (C=O) groups is 3. The molecule has 0 atom stereocenters. The predicted molar refractivity (Wildman–Crippen MR) is 131 cm³/mol. The third-order valence-electron chi connectivity index (χ3n) is 5.89. The number of amidine groups is 1. The Morgan fingerprint density at radius 1 is 1.00 bits per heavy atom. The maximum atomic E-state index is 12.9. The number of amides is 3. The molecular weight excluding hydrogens is 470 g/mol. The minimum Gasteiger partial charge on any atom is -0.362 e. The lowest BCUT2D eigenvalue weighted by molar-refractivity contribution is -0.130. The highest BCUT2D eigenvalue weighted by molar-refractivity contribution is 7.90. The van der Waals surface area contributed by atoms with Crippen LogP contribution in [-0.2, 0) is 19.6 Å². The van der Waals surface area contributed by atoms with Crippen molar-refractivity contribution in [1.82, 2.24) is 10.3 Å². The molecule has 0 unspecified atom stereocenters. The first-order chi connectivity index (χ1) is 16.7. The van der Waals surface area contributed by atoms with Gasteiger partial charge in [0.2, 0.25) is 11.8 Å². The summed E-state index contributed by atoms with van der Waals surface area (Å²) in [4.78, 5) is 38.2. The van der Waals surface area contributed by atoms with E-state index >= 15 is 0 Å². The van der Waals surface area contributed by atoms with Crippen LogP contribution in [0, 0.1) is 0 Å². The van der Waals surface area contributed by atoms with E-state index in [-0.39, 0.29) is 29.6 Å². The lowest BCUT2D eigenvalue weighted by Crippen LogP contribution is -2.50. The van der Waals surface area contributed by atoms with E-state index in [0.29, 0.717) is 29.2 Å². The second-order valence-electron chi connectivity index (χ2n) is 8.51. The zero-order chi connectivity index (χ0) is 25.0. The van der Waals surface area contributed by atoms with Crippen LogP contribution in [0.4, 0.5) is 11.4 Å². The van der Waals surface area contributed by atoms with Crippen LogP contribution in [-0.4, -0.2) is 50.5 Å². The molecule has 3 amide bonds. The zero-order valence-corrected chi connectivity index (χ0v) is 20.2. The average molecular weight is 498 g/mol. The lowest BCUT2D eigenvalue weighted by Gasteiger charge is -2.27. The SMILES string of the molecule is CN1CCCCC/C1=N\S(=O)(=O)c1cccc(NC(=O)c2ccc(N3NC(=O)CCC3=O)cc2)c1. The molecule has 0 radical (unpaired) electrons. The van der Waals surface area contributed by atoms with Gasteiger partial charge < -0.3 is 10.2 Å². The van der Waals surface area contributed by atoms with E-state index in [4.69, 9.17) is 0 Å². The van der Waals surface area contributed by atoms with E-state index in [0.717, 1.165) is 30.8 Å². The maximum Gasteiger partial charge on any atom is 0.284 e. The highest BCUT2D eigenvalue weighted by Crippen LogP contribution is 2.22. The van der Waals surface area contributed by atoms with E-state index in [9.17, 15) is 22.8 Å². The number of nitrogens with zero attached hydrogens (tertiary/aromatic N) is 3. The van der Waals surface area contributed by atoms with Crippen molar-refractivity contribution in [2.75, 3.05) is 23.9 Å². The van der Waals surface area contributed by atoms with E-state index < -0.39 is 15.9 Å². The molecule has 2 saturated heterocycles. The second-order valence-corrected chi connectivity index (χ2v) is 10.1. The summed E-state index contributed by atoms with van der Waals surface area (Å²) < 4.78 is 29.9. The van der Waals surface area contributed by atoms with Crippen molar-refractivity contribution in [1.29, 1.82) is 0 Å². The number of benzene rings is 2. The van der Waals surface area contributed by atoms with E-state index in [1.54, 1.807) is 24.3 Å². The number of hydrogen-bond acceptors (Lipinski definition) is 5. The lowest BCUT2D eigenvalue weighted by atomic mass is 10.1. The van der Waals surface area contributed by atoms with Gasteiger partial charge in [-0.05, 0) is 55.3 Å². The van der Waals surface area contributed by atoms with Gasteiger partial charge in [0.25, 0.3) is 15.9 Å². The molecule has 2 aliphatic rings. The van der Waals surface area contributed by atoms with Crippen LogP contribution in [0.3, 0.4) is 0 Å². The first-order valence-electron chi connectivity index (χ1n) is 11.4. The van der Waals surface area contributed by atoms with Crippen LogP contribution in [0.5, 0.6) is 0 Å². The number of rotatable bonds is 5. The van der Waals surface area contributed by atoms with Gasteiger partial charge in [0.15, 0.2) is 0 Å². The van der Waals surface area contributed by atoms with Gasteiger partial charge in [-0.1, -0.05) is 12.5 Å². The molecule has 2 aromatic carbocycles. The number of hydrogen-bond donors (Lipinski definition) is 2. The van der Waals surface area contributed by atoms with Gasteiger partial charge in [-0.2, -0.15) is 8.42 Å². The molecule has 0 bridgehead atoms. The second kappa shape index (κ2) is 10.3. The van der Waals surface area contributed by atoms with Crippen LogP contribution < -0.4 is 15.8 Å². The molecular formula is C24H27N5O5S. The van der Waals surface area contributed by atoms with Crippen molar-refractivity contribution in [3.63, 3.8) is 0 Å². The molecule has 35 heavy (non-hydrogen) atoms. The van der Waals surface area contributed by atoms with Crippen LogP contribution in [0.25, 0.3) is 0 Å². The van der Waals surface area contributed by atoms with E-state index in [1.165, 1.54) is 24.3 Å². The molecule has 0 saturated carbocycles.